The summed E-state index contributed by atoms with van der Waals surface area (Å²) in [6.45, 7) is 3.83. The molecule has 1 aliphatic heterocycles. The lowest BCUT2D eigenvalue weighted by molar-refractivity contribution is -0.164. The van der Waals surface area contributed by atoms with Crippen molar-refractivity contribution in [3.05, 3.63) is 72.4 Å². The minimum atomic E-state index is -0.680. The van der Waals surface area contributed by atoms with Gasteiger partial charge in [-0.3, -0.25) is 19.1 Å². The number of nitrogens with one attached hydrogen (secondary N) is 1. The highest BCUT2D eigenvalue weighted by Crippen LogP contribution is 2.42. The van der Waals surface area contributed by atoms with Gasteiger partial charge in [0.2, 0.25) is 12.2 Å². The first-order valence-electron chi connectivity index (χ1n) is 11.5. The Bertz CT molecular complexity index is 1190. The van der Waals surface area contributed by atoms with Gasteiger partial charge in [0.05, 0.1) is 17.4 Å². The van der Waals surface area contributed by atoms with Gasteiger partial charge in [0, 0.05) is 49.8 Å². The quantitative estimate of drug-likeness (QED) is 0.522. The average molecular weight is 464 g/mol. The molecule has 3 aromatic rings. The van der Waals surface area contributed by atoms with Crippen LogP contribution in [-0.4, -0.2) is 46.0 Å². The number of benzene rings is 1. The lowest BCUT2D eigenvalue weighted by atomic mass is 9.80. The molecule has 2 aromatic heterocycles. The number of carbonyl (C=O) groups excluding carboxylic acids is 2. The van der Waals surface area contributed by atoms with Crippen molar-refractivity contribution in [2.24, 2.45) is 5.92 Å². The number of anilines is 1. The van der Waals surface area contributed by atoms with Crippen LogP contribution in [0, 0.1) is 5.92 Å². The summed E-state index contributed by atoms with van der Waals surface area (Å²) in [4.78, 5) is 29.5. The molecule has 0 saturated heterocycles. The topological polar surface area (TPSA) is 103 Å². The van der Waals surface area contributed by atoms with Crippen LogP contribution in [0.5, 0.6) is 0 Å². The van der Waals surface area contributed by atoms with Crippen LogP contribution in [-0.2, 0) is 14.3 Å². The summed E-state index contributed by atoms with van der Waals surface area (Å²) in [5.41, 5.74) is 2.27. The number of amides is 1. The molecule has 1 aliphatic rings. The fraction of sp³-hybridized carbons (Fsp3) is 0.346. The molecule has 0 aliphatic carbocycles. The molecular weight excluding hydrogens is 434 g/mol. The van der Waals surface area contributed by atoms with Crippen LogP contribution in [0.2, 0.25) is 0 Å². The monoisotopic (exact) mass is 463 g/mol. The molecule has 8 heteroatoms. The number of hydrogen-bond donors (Lipinski definition) is 2. The van der Waals surface area contributed by atoms with Gasteiger partial charge in [-0.15, -0.1) is 0 Å². The summed E-state index contributed by atoms with van der Waals surface area (Å²) in [6, 6.07) is 11.2. The first kappa shape index (κ1) is 23.7. The van der Waals surface area contributed by atoms with Crippen LogP contribution in [0.3, 0.4) is 0 Å². The number of allylic oxidation sites excluding steroid dienone is 1. The van der Waals surface area contributed by atoms with Crippen LogP contribution in [0.4, 0.5) is 5.69 Å². The average Bonchev–Trinajstić information content (AvgIpc) is 3.23. The summed E-state index contributed by atoms with van der Waals surface area (Å²) in [5, 5.41) is 13.3. The maximum absolute atomic E-state index is 13.1. The first-order valence-corrected chi connectivity index (χ1v) is 11.5. The number of pyridine rings is 1. The molecule has 0 spiro atoms. The van der Waals surface area contributed by atoms with Crippen molar-refractivity contribution in [3.8, 4) is 0 Å². The molecular formula is C26H29N3O5. The Morgan fingerprint density at radius 1 is 1.24 bits per heavy atom. The first-order chi connectivity index (χ1) is 16.5. The van der Waals surface area contributed by atoms with Crippen molar-refractivity contribution < 1.29 is 24.2 Å². The Balaban J connectivity index is 1.80. The Kier molecular flexibility index (Phi) is 7.40. The predicted octanol–water partition coefficient (Wildman–Crippen LogP) is 4.08. The van der Waals surface area contributed by atoms with E-state index in [1.165, 1.54) is 6.92 Å². The zero-order valence-corrected chi connectivity index (χ0v) is 19.3. The molecule has 0 radical (unpaired) electrons. The summed E-state index contributed by atoms with van der Waals surface area (Å²) in [5.74, 6) is -0.780. The minimum Gasteiger partial charge on any atom is -0.459 e. The summed E-state index contributed by atoms with van der Waals surface area (Å²) in [7, 11) is 0. The van der Waals surface area contributed by atoms with E-state index >= 15 is 0 Å². The number of aromatic nitrogens is 2. The van der Waals surface area contributed by atoms with Gasteiger partial charge in [-0.25, -0.2) is 0 Å². The highest BCUT2D eigenvalue weighted by molar-refractivity contribution is 6.02. The molecule has 1 amide bonds. The number of hydrogen-bond acceptors (Lipinski definition) is 6. The maximum atomic E-state index is 13.1. The Hall–Kier alpha value is -3.49. The molecule has 0 bridgehead atoms. The number of nitrogens with zero attached hydrogens (tertiary/aromatic N) is 2. The van der Waals surface area contributed by atoms with Crippen molar-refractivity contribution in [1.29, 1.82) is 0 Å². The number of carbonyl (C=O) groups is 2. The lowest BCUT2D eigenvalue weighted by Crippen LogP contribution is -2.37. The smallest absolute Gasteiger partial charge is 0.290 e. The molecule has 178 valence electrons. The second-order valence-electron chi connectivity index (χ2n) is 8.21. The summed E-state index contributed by atoms with van der Waals surface area (Å²) < 4.78 is 13.6. The molecule has 0 fully saturated rings. The van der Waals surface area contributed by atoms with E-state index in [2.05, 4.69) is 10.3 Å². The van der Waals surface area contributed by atoms with Gasteiger partial charge in [-0.1, -0.05) is 18.2 Å². The highest BCUT2D eigenvalue weighted by atomic mass is 16.7. The third kappa shape index (κ3) is 4.88. The van der Waals surface area contributed by atoms with Gasteiger partial charge in [0.15, 0.2) is 5.76 Å². The van der Waals surface area contributed by atoms with E-state index in [1.54, 1.807) is 35.2 Å². The zero-order valence-electron chi connectivity index (χ0n) is 19.3. The zero-order chi connectivity index (χ0) is 24.1. The van der Waals surface area contributed by atoms with E-state index in [0.29, 0.717) is 25.1 Å². The molecule has 2 N–H and O–H groups in total. The molecule has 3 heterocycles. The van der Waals surface area contributed by atoms with E-state index in [1.807, 2.05) is 37.4 Å². The summed E-state index contributed by atoms with van der Waals surface area (Å²) in [6.07, 6.45) is 7.33. The van der Waals surface area contributed by atoms with E-state index in [4.69, 9.17) is 9.47 Å². The number of rotatable bonds is 8. The maximum Gasteiger partial charge on any atom is 0.290 e. The SMILES string of the molecule is CCO[C@@H]1OC(C(=O)Nc2cccnc2)=C[C@H](c2cn(C(C)=O)c3ccccc23)[C@H]1CCCO. The van der Waals surface area contributed by atoms with Gasteiger partial charge in [-0.2, -0.15) is 0 Å². The molecule has 0 saturated carbocycles. The normalized spacial score (nSPS) is 20.0. The number of ether oxygens (including phenoxy) is 2. The fourth-order valence-corrected chi connectivity index (χ4v) is 4.48. The number of aliphatic hydroxyl groups is 1. The third-order valence-electron chi connectivity index (χ3n) is 6.00. The van der Waals surface area contributed by atoms with Crippen molar-refractivity contribution in [3.63, 3.8) is 0 Å². The molecule has 8 nitrogen and oxygen atoms in total. The van der Waals surface area contributed by atoms with Crippen LogP contribution < -0.4 is 5.32 Å². The molecule has 0 unspecified atom stereocenters. The number of aliphatic hydroxyl groups excluding tert-OH is 1. The van der Waals surface area contributed by atoms with Gasteiger partial charge in [0.25, 0.3) is 5.91 Å². The third-order valence-corrected chi connectivity index (χ3v) is 6.00. The van der Waals surface area contributed by atoms with Gasteiger partial charge < -0.3 is 19.9 Å². The van der Waals surface area contributed by atoms with Crippen LogP contribution >= 0.6 is 0 Å². The molecule has 3 atom stereocenters. The van der Waals surface area contributed by atoms with Crippen molar-refractivity contribution >= 4 is 28.4 Å². The van der Waals surface area contributed by atoms with Crippen LogP contribution in [0.15, 0.2) is 66.8 Å². The van der Waals surface area contributed by atoms with Crippen molar-refractivity contribution in [2.75, 3.05) is 18.5 Å². The van der Waals surface area contributed by atoms with Gasteiger partial charge in [-0.05, 0) is 49.6 Å². The molecule has 4 rings (SSSR count). The second-order valence-corrected chi connectivity index (χ2v) is 8.21. The standard InChI is InChI=1S/C26H29N3O5/c1-3-33-26-20(10-7-13-30)21(14-24(34-26)25(32)28-18-8-6-12-27-15-18)22-16-29(17(2)31)23-11-5-4-9-19(22)23/h4-6,8-9,11-12,14-16,20-21,26,30H,3,7,10,13H2,1-2H3,(H,28,32)/t20-,21+,26-/m1/s1. The minimum absolute atomic E-state index is 0.0370. The van der Waals surface area contributed by atoms with E-state index in [0.717, 1.165) is 16.5 Å². The fourth-order valence-electron chi connectivity index (χ4n) is 4.48. The highest BCUT2D eigenvalue weighted by Gasteiger charge is 2.39. The Morgan fingerprint density at radius 3 is 2.76 bits per heavy atom. The van der Waals surface area contributed by atoms with Crippen molar-refractivity contribution in [1.82, 2.24) is 9.55 Å². The van der Waals surface area contributed by atoms with Crippen LogP contribution in [0.25, 0.3) is 10.9 Å². The largest absolute Gasteiger partial charge is 0.459 e. The molecule has 34 heavy (non-hydrogen) atoms. The van der Waals surface area contributed by atoms with Crippen molar-refractivity contribution in [2.45, 2.75) is 38.9 Å². The predicted molar refractivity (Wildman–Crippen MR) is 128 cm³/mol. The van der Waals surface area contributed by atoms with Gasteiger partial charge >= 0.3 is 0 Å². The summed E-state index contributed by atoms with van der Waals surface area (Å²) >= 11 is 0. The number of para-hydroxylation sites is 1. The van der Waals surface area contributed by atoms with Gasteiger partial charge in [0.1, 0.15) is 0 Å². The van der Waals surface area contributed by atoms with Crippen LogP contribution in [0.1, 0.15) is 43.0 Å². The second kappa shape index (κ2) is 10.6. The number of fused-ring (bicyclic) bond motifs is 1. The van der Waals surface area contributed by atoms with E-state index in [9.17, 15) is 14.7 Å². The Morgan fingerprint density at radius 2 is 2.06 bits per heavy atom. The van der Waals surface area contributed by atoms with E-state index < -0.39 is 12.2 Å². The van der Waals surface area contributed by atoms with E-state index in [-0.39, 0.29) is 30.1 Å². The molecule has 1 aromatic carbocycles. The Labute approximate surface area is 198 Å². The lowest BCUT2D eigenvalue weighted by Gasteiger charge is -2.36.